The fourth-order valence-electron chi connectivity index (χ4n) is 6.28. The fraction of sp³-hybridized carbons (Fsp3) is 0.324. The molecule has 0 N–H and O–H groups in total. The van der Waals surface area contributed by atoms with Crippen molar-refractivity contribution in [2.45, 2.75) is 38.1 Å². The number of carbonyl (C=O) groups excluding carboxylic acids is 2. The molecule has 3 aromatic heterocycles. The van der Waals surface area contributed by atoms with Gasteiger partial charge in [-0.25, -0.2) is 9.50 Å². The lowest BCUT2D eigenvalue weighted by molar-refractivity contribution is -0.134. The number of alkyl halides is 2. The van der Waals surface area contributed by atoms with Gasteiger partial charge in [0.05, 0.1) is 37.3 Å². The van der Waals surface area contributed by atoms with Gasteiger partial charge in [0.15, 0.2) is 11.3 Å². The Morgan fingerprint density at radius 1 is 1.06 bits per heavy atom. The monoisotopic (exact) mass is 690 g/mol. The van der Waals surface area contributed by atoms with Gasteiger partial charge in [-0.15, -0.1) is 0 Å². The van der Waals surface area contributed by atoms with Gasteiger partial charge < -0.3 is 14.4 Å². The molecule has 5 aromatic rings. The average Bonchev–Trinajstić information content (AvgIpc) is 3.70. The number of para-hydroxylation sites is 1. The van der Waals surface area contributed by atoms with Crippen LogP contribution < -0.4 is 9.64 Å². The average molecular weight is 691 g/mol. The highest BCUT2D eigenvalue weighted by molar-refractivity contribution is 6.31. The van der Waals surface area contributed by atoms with Crippen molar-refractivity contribution in [1.82, 2.24) is 34.2 Å². The summed E-state index contributed by atoms with van der Waals surface area (Å²) in [5.74, 6) is -0.879. The number of imidazole rings is 1. The second-order valence-electron chi connectivity index (χ2n) is 12.0. The maximum absolute atomic E-state index is 14.5. The Kier molecular flexibility index (Phi) is 9.25. The number of hydrogen-bond donors (Lipinski definition) is 0. The lowest BCUT2D eigenvalue weighted by Gasteiger charge is -2.43. The Morgan fingerprint density at radius 2 is 1.84 bits per heavy atom. The number of nitrogens with zero attached hydrogens (tertiary/aromatic N) is 8. The number of amides is 2. The molecule has 12 nitrogen and oxygen atoms in total. The molecule has 254 valence electrons. The van der Waals surface area contributed by atoms with Gasteiger partial charge in [0.25, 0.3) is 5.91 Å². The van der Waals surface area contributed by atoms with Gasteiger partial charge in [-0.1, -0.05) is 29.8 Å². The van der Waals surface area contributed by atoms with Crippen LogP contribution in [0.3, 0.4) is 0 Å². The number of anilines is 2. The lowest BCUT2D eigenvalue weighted by atomic mass is 10.0. The van der Waals surface area contributed by atoms with Crippen LogP contribution in [0, 0.1) is 0 Å². The van der Waals surface area contributed by atoms with Crippen LogP contribution >= 0.6 is 11.6 Å². The number of fused-ring (bicyclic) bond motifs is 1. The molecular weight excluding hydrogens is 658 g/mol. The highest BCUT2D eigenvalue weighted by Crippen LogP contribution is 2.41. The van der Waals surface area contributed by atoms with Gasteiger partial charge in [-0.05, 0) is 62.4 Å². The van der Waals surface area contributed by atoms with Gasteiger partial charge in [0, 0.05) is 41.6 Å². The minimum atomic E-state index is -3.14. The molecule has 2 aliphatic heterocycles. The van der Waals surface area contributed by atoms with Crippen LogP contribution in [0.4, 0.5) is 20.2 Å². The van der Waals surface area contributed by atoms with E-state index in [0.29, 0.717) is 36.5 Å². The van der Waals surface area contributed by atoms with Crippen molar-refractivity contribution in [3.63, 3.8) is 0 Å². The van der Waals surface area contributed by atoms with Crippen molar-refractivity contribution in [3.05, 3.63) is 90.0 Å². The van der Waals surface area contributed by atoms with Gasteiger partial charge in [-0.2, -0.15) is 19.0 Å². The summed E-state index contributed by atoms with van der Waals surface area (Å²) in [6.45, 7) is -0.664. The molecule has 7 rings (SSSR count). The molecule has 2 fully saturated rings. The molecule has 0 saturated carbocycles. The largest absolute Gasteiger partial charge is 0.434 e. The maximum atomic E-state index is 14.5. The van der Waals surface area contributed by atoms with Crippen LogP contribution in [0.5, 0.6) is 5.75 Å². The van der Waals surface area contributed by atoms with Crippen LogP contribution in [0.15, 0.2) is 79.3 Å². The lowest BCUT2D eigenvalue weighted by Crippen LogP contribution is -2.54. The van der Waals surface area contributed by atoms with Crippen molar-refractivity contribution in [3.8, 4) is 17.0 Å². The number of rotatable bonds is 10. The molecule has 2 saturated heterocycles. The molecule has 0 spiro atoms. The first kappa shape index (κ1) is 32.6. The topological polar surface area (TPSA) is 110 Å². The second-order valence-corrected chi connectivity index (χ2v) is 12.4. The highest BCUT2D eigenvalue weighted by Gasteiger charge is 2.33. The second kappa shape index (κ2) is 13.9. The van der Waals surface area contributed by atoms with Gasteiger partial charge in [0.1, 0.15) is 18.0 Å². The normalized spacial score (nSPS) is 15.6. The van der Waals surface area contributed by atoms with E-state index in [2.05, 4.69) is 22.0 Å². The molecule has 5 heterocycles. The Balaban J connectivity index is 1.27. The van der Waals surface area contributed by atoms with Crippen molar-refractivity contribution in [2.75, 3.05) is 38.3 Å². The molecule has 0 unspecified atom stereocenters. The van der Waals surface area contributed by atoms with Crippen LogP contribution in [-0.2, 0) is 16.1 Å². The van der Waals surface area contributed by atoms with Crippen LogP contribution in [0.25, 0.3) is 16.9 Å². The molecule has 0 radical (unpaired) electrons. The number of aromatic nitrogens is 5. The zero-order valence-corrected chi connectivity index (χ0v) is 27.3. The Morgan fingerprint density at radius 3 is 2.55 bits per heavy atom. The third kappa shape index (κ3) is 6.71. The number of benzene rings is 2. The van der Waals surface area contributed by atoms with E-state index in [1.54, 1.807) is 53.6 Å². The number of likely N-dealkylation sites (tertiary alicyclic amines) is 1. The van der Waals surface area contributed by atoms with Gasteiger partial charge >= 0.3 is 6.61 Å². The Labute approximate surface area is 285 Å². The van der Waals surface area contributed by atoms with E-state index in [0.717, 1.165) is 26.1 Å². The number of carbonyl (C=O) groups is 2. The van der Waals surface area contributed by atoms with Crippen molar-refractivity contribution in [2.24, 2.45) is 0 Å². The summed E-state index contributed by atoms with van der Waals surface area (Å²) in [6.07, 6.45) is 6.16. The van der Waals surface area contributed by atoms with E-state index in [4.69, 9.17) is 26.2 Å². The number of piperidine rings is 1. The first-order valence-corrected chi connectivity index (χ1v) is 16.2. The molecule has 2 aliphatic rings. The first-order chi connectivity index (χ1) is 23.8. The third-order valence-electron chi connectivity index (χ3n) is 9.00. The van der Waals surface area contributed by atoms with Gasteiger partial charge in [-0.3, -0.25) is 24.1 Å². The first-order valence-electron chi connectivity index (χ1n) is 15.8. The summed E-state index contributed by atoms with van der Waals surface area (Å²) in [5, 5.41) is 9.25. The summed E-state index contributed by atoms with van der Waals surface area (Å²) >= 11 is 6.37. The predicted octanol–water partition coefficient (Wildman–Crippen LogP) is 5.15. The molecule has 15 heteroatoms. The summed E-state index contributed by atoms with van der Waals surface area (Å²) < 4.78 is 40.3. The minimum Gasteiger partial charge on any atom is -0.434 e. The third-order valence-corrected chi connectivity index (χ3v) is 9.23. The molecule has 0 aliphatic carbocycles. The summed E-state index contributed by atoms with van der Waals surface area (Å²) in [4.78, 5) is 38.0. The van der Waals surface area contributed by atoms with E-state index in [9.17, 15) is 18.4 Å². The quantitative estimate of drug-likeness (QED) is 0.198. The number of likely N-dealkylation sites (N-methyl/N-ethyl adjacent to an activating group) is 1. The van der Waals surface area contributed by atoms with E-state index >= 15 is 0 Å². The number of halogens is 3. The Bertz CT molecular complexity index is 1960. The molecule has 0 atom stereocenters. The molecule has 2 aromatic carbocycles. The zero-order valence-electron chi connectivity index (χ0n) is 26.5. The number of ether oxygens (including phenoxy) is 2. The fourth-order valence-corrected chi connectivity index (χ4v) is 6.46. The van der Waals surface area contributed by atoms with Crippen LogP contribution in [0.2, 0.25) is 5.02 Å². The number of hydrogen-bond acceptors (Lipinski definition) is 8. The smallest absolute Gasteiger partial charge is 0.387 e. The molecule has 0 bridgehead atoms. The van der Waals surface area contributed by atoms with Crippen LogP contribution in [-0.4, -0.2) is 98.0 Å². The van der Waals surface area contributed by atoms with E-state index < -0.39 is 12.5 Å². The highest BCUT2D eigenvalue weighted by atomic mass is 35.5. The van der Waals surface area contributed by atoms with Crippen molar-refractivity contribution in [1.29, 1.82) is 0 Å². The molecular formula is C34H33ClF2N8O4. The summed E-state index contributed by atoms with van der Waals surface area (Å²) in [7, 11) is 2.10. The maximum Gasteiger partial charge on any atom is 0.387 e. The zero-order chi connectivity index (χ0) is 34.1. The van der Waals surface area contributed by atoms with E-state index in [1.165, 1.54) is 44.7 Å². The Hall–Kier alpha value is -4.92. The van der Waals surface area contributed by atoms with E-state index in [-0.39, 0.29) is 45.9 Å². The standard InChI is InChI=1S/C34H33ClF2N8O4/c1-41(25-20-48-21-25)23-11-14-42(15-12-23)31(46)19-43-18-28(32(40-43)26-16-22(35)9-10-29(26)49-34(36)37)44(24-6-3-2-4-7-24)33(47)27-17-38-30-8-5-13-39-45(27)30/h2-10,13,16-18,23,25,34H,11-12,14-15,19-21H2,1H3. The van der Waals surface area contributed by atoms with Crippen molar-refractivity contribution < 1.29 is 27.8 Å². The molecule has 2 amide bonds. The van der Waals surface area contributed by atoms with E-state index in [1.807, 2.05) is 0 Å². The predicted molar refractivity (Wildman–Crippen MR) is 177 cm³/mol. The minimum absolute atomic E-state index is 0.105. The summed E-state index contributed by atoms with van der Waals surface area (Å²) in [6, 6.07) is 17.2. The van der Waals surface area contributed by atoms with Crippen LogP contribution in [0.1, 0.15) is 23.3 Å². The van der Waals surface area contributed by atoms with Crippen molar-refractivity contribution >= 4 is 40.4 Å². The SMILES string of the molecule is CN(C1CCN(C(=O)Cn2cc(N(C(=O)c3cnc4cccnn34)c3ccccc3)c(-c3cc(Cl)ccc3OC(F)F)n2)CC1)C1COC1. The van der Waals surface area contributed by atoms with Gasteiger partial charge in [0.2, 0.25) is 5.91 Å². The summed E-state index contributed by atoms with van der Waals surface area (Å²) in [5.41, 5.74) is 1.48. The molecule has 49 heavy (non-hydrogen) atoms.